The maximum absolute atomic E-state index is 6.51. The molecule has 1 aliphatic rings. The molecule has 4 aromatic rings. The van der Waals surface area contributed by atoms with E-state index in [0.29, 0.717) is 0 Å². The molecule has 0 radical (unpaired) electrons. The zero-order chi connectivity index (χ0) is 18.9. The van der Waals surface area contributed by atoms with E-state index in [4.69, 9.17) is 4.74 Å². The Morgan fingerprint density at radius 2 is 1.81 bits per heavy atom. The zero-order valence-electron chi connectivity index (χ0n) is 16.4. The average Bonchev–Trinajstić information content (AvgIpc) is 2.63. The third-order valence-electron chi connectivity index (χ3n) is 5.69. The summed E-state index contributed by atoms with van der Waals surface area (Å²) in [5, 5.41) is 6.25. The Bertz CT molecular complexity index is 1260. The molecule has 1 aliphatic heterocycles. The predicted octanol–water partition coefficient (Wildman–Crippen LogP) is 4.84. The second-order valence-electron chi connectivity index (χ2n) is 8.54. The molecule has 0 bridgehead atoms. The van der Waals surface area contributed by atoms with Crippen LogP contribution in [0.15, 0.2) is 48.9 Å². The maximum Gasteiger partial charge on any atom is 0.228 e. The van der Waals surface area contributed by atoms with Crippen LogP contribution in [0.2, 0.25) is 19.6 Å². The van der Waals surface area contributed by atoms with Crippen molar-refractivity contribution in [1.29, 1.82) is 0 Å². The fourth-order valence-electron chi connectivity index (χ4n) is 4.17. The summed E-state index contributed by atoms with van der Waals surface area (Å²) in [6.07, 6.45) is 5.95. The van der Waals surface area contributed by atoms with Gasteiger partial charge in [0.2, 0.25) is 5.69 Å². The fraction of sp³-hybridized carbons (Fsp3) is 0.217. The molecule has 27 heavy (non-hydrogen) atoms. The molecule has 0 amide bonds. The van der Waals surface area contributed by atoms with Crippen LogP contribution in [0.3, 0.4) is 0 Å². The van der Waals surface area contributed by atoms with E-state index in [1.807, 2.05) is 12.4 Å². The Morgan fingerprint density at radius 3 is 2.59 bits per heavy atom. The molecule has 2 aromatic heterocycles. The number of ether oxygens (including phenoxy) is 1. The molecule has 0 aliphatic carbocycles. The molecular formula is C23H23N2OSi+. The van der Waals surface area contributed by atoms with E-state index in [-0.39, 0.29) is 0 Å². The van der Waals surface area contributed by atoms with Crippen LogP contribution >= 0.6 is 0 Å². The number of aryl methyl sites for hydroxylation is 2. The molecule has 0 saturated heterocycles. The zero-order valence-corrected chi connectivity index (χ0v) is 17.4. The first-order valence-corrected chi connectivity index (χ1v) is 12.9. The lowest BCUT2D eigenvalue weighted by atomic mass is 9.93. The smallest absolute Gasteiger partial charge is 0.228 e. The fourth-order valence-corrected chi connectivity index (χ4v) is 5.32. The van der Waals surface area contributed by atoms with Gasteiger partial charge in [-0.3, -0.25) is 4.98 Å². The molecule has 134 valence electrons. The third kappa shape index (κ3) is 2.33. The molecule has 5 rings (SSSR count). The molecule has 3 heterocycles. The summed E-state index contributed by atoms with van der Waals surface area (Å²) in [7, 11) is 0.673. The maximum atomic E-state index is 6.51. The number of fused-ring (bicyclic) bond motifs is 3. The van der Waals surface area contributed by atoms with Gasteiger partial charge in [0.15, 0.2) is 6.20 Å². The highest BCUT2D eigenvalue weighted by Gasteiger charge is 2.31. The Labute approximate surface area is 160 Å². The second kappa shape index (κ2) is 5.39. The van der Waals surface area contributed by atoms with Crippen molar-refractivity contribution in [1.82, 2.24) is 4.98 Å². The Hall–Kier alpha value is -2.72. The van der Waals surface area contributed by atoms with Gasteiger partial charge in [0.25, 0.3) is 0 Å². The second-order valence-corrected chi connectivity index (χ2v) is 13.6. The van der Waals surface area contributed by atoms with E-state index in [1.165, 1.54) is 38.2 Å². The van der Waals surface area contributed by atoms with Crippen LogP contribution < -0.4 is 14.5 Å². The molecule has 0 spiro atoms. The van der Waals surface area contributed by atoms with E-state index in [1.54, 1.807) is 0 Å². The molecule has 0 fully saturated rings. The molecule has 4 heteroatoms. The van der Waals surface area contributed by atoms with Crippen molar-refractivity contribution in [2.24, 2.45) is 7.05 Å². The van der Waals surface area contributed by atoms with Crippen LogP contribution in [-0.4, -0.2) is 13.1 Å². The van der Waals surface area contributed by atoms with Crippen LogP contribution in [0.5, 0.6) is 11.5 Å². The largest absolute Gasteiger partial charge is 0.456 e. The van der Waals surface area contributed by atoms with Crippen molar-refractivity contribution in [3.63, 3.8) is 0 Å². The van der Waals surface area contributed by atoms with Crippen molar-refractivity contribution in [2.75, 3.05) is 0 Å². The van der Waals surface area contributed by atoms with Gasteiger partial charge in [-0.15, -0.1) is 0 Å². The van der Waals surface area contributed by atoms with Gasteiger partial charge in [0, 0.05) is 23.8 Å². The minimum atomic E-state index is -1.45. The van der Waals surface area contributed by atoms with E-state index in [2.05, 4.69) is 79.7 Å². The van der Waals surface area contributed by atoms with Crippen molar-refractivity contribution in [2.45, 2.75) is 26.6 Å². The highest BCUT2D eigenvalue weighted by atomic mass is 28.3. The number of rotatable bonds is 1. The molecular weight excluding hydrogens is 348 g/mol. The summed E-state index contributed by atoms with van der Waals surface area (Å²) < 4.78 is 8.73. The van der Waals surface area contributed by atoms with Crippen molar-refractivity contribution in [3.05, 3.63) is 54.5 Å². The minimum absolute atomic E-state index is 0.927. The highest BCUT2D eigenvalue weighted by molar-refractivity contribution is 6.88. The topological polar surface area (TPSA) is 26.0 Å². The standard InChI is InChI=1S/C23H23N2OSi/c1-14-18-6-8-24-13-16(18)11-19-21(14)23-22-15(7-9-25(23)2)10-17(27(3,4)5)12-20(22)26-19/h6-13H,1-5H3/q+1. The van der Waals surface area contributed by atoms with Crippen LogP contribution in [0.1, 0.15) is 5.56 Å². The summed E-state index contributed by atoms with van der Waals surface area (Å²) in [5.41, 5.74) is 3.67. The number of pyridine rings is 2. The molecule has 3 nitrogen and oxygen atoms in total. The number of aromatic nitrogens is 2. The average molecular weight is 372 g/mol. The molecule has 2 aromatic carbocycles. The third-order valence-corrected chi connectivity index (χ3v) is 7.71. The lowest BCUT2D eigenvalue weighted by molar-refractivity contribution is -0.659. The van der Waals surface area contributed by atoms with Crippen LogP contribution in [0.25, 0.3) is 32.8 Å². The van der Waals surface area contributed by atoms with Crippen LogP contribution in [-0.2, 0) is 7.05 Å². The van der Waals surface area contributed by atoms with Gasteiger partial charge in [-0.25, -0.2) is 4.57 Å². The van der Waals surface area contributed by atoms with E-state index in [9.17, 15) is 0 Å². The van der Waals surface area contributed by atoms with E-state index in [0.717, 1.165) is 16.9 Å². The Kier molecular flexibility index (Phi) is 3.29. The van der Waals surface area contributed by atoms with Gasteiger partial charge < -0.3 is 4.74 Å². The Balaban J connectivity index is 1.94. The van der Waals surface area contributed by atoms with E-state index >= 15 is 0 Å². The van der Waals surface area contributed by atoms with Gasteiger partial charge in [0.1, 0.15) is 18.5 Å². The van der Waals surface area contributed by atoms with Gasteiger partial charge in [-0.05, 0) is 41.5 Å². The molecule has 0 N–H and O–H groups in total. The monoisotopic (exact) mass is 371 g/mol. The summed E-state index contributed by atoms with van der Waals surface area (Å²) in [4.78, 5) is 4.29. The van der Waals surface area contributed by atoms with Crippen molar-refractivity contribution >= 4 is 34.8 Å². The normalized spacial score (nSPS) is 12.9. The minimum Gasteiger partial charge on any atom is -0.456 e. The van der Waals surface area contributed by atoms with Crippen molar-refractivity contribution < 1.29 is 9.30 Å². The van der Waals surface area contributed by atoms with Gasteiger partial charge in [0.05, 0.1) is 19.0 Å². The molecule has 0 saturated carbocycles. The van der Waals surface area contributed by atoms with Gasteiger partial charge >= 0.3 is 0 Å². The van der Waals surface area contributed by atoms with Gasteiger partial charge in [-0.2, -0.15) is 0 Å². The Morgan fingerprint density at radius 1 is 1.00 bits per heavy atom. The SMILES string of the molecule is Cc1c2c(cc3cnccc13)Oc1cc([Si](C)(C)C)cc3cc[n+](C)c-2c13. The lowest BCUT2D eigenvalue weighted by Gasteiger charge is -2.24. The van der Waals surface area contributed by atoms with Crippen molar-refractivity contribution in [3.8, 4) is 22.8 Å². The first-order valence-electron chi connectivity index (χ1n) is 9.37. The summed E-state index contributed by atoms with van der Waals surface area (Å²) in [6.45, 7) is 9.32. The van der Waals surface area contributed by atoms with Crippen LogP contribution in [0, 0.1) is 6.92 Å². The number of benzene rings is 2. The molecule has 0 atom stereocenters. The molecule has 0 unspecified atom stereocenters. The summed E-state index contributed by atoms with van der Waals surface area (Å²) in [5.74, 6) is 1.91. The number of nitrogens with zero attached hydrogens (tertiary/aromatic N) is 2. The van der Waals surface area contributed by atoms with Gasteiger partial charge in [-0.1, -0.05) is 30.9 Å². The summed E-state index contributed by atoms with van der Waals surface area (Å²) in [6, 6.07) is 11.1. The number of hydrogen-bond donors (Lipinski definition) is 0. The summed E-state index contributed by atoms with van der Waals surface area (Å²) >= 11 is 0. The van der Waals surface area contributed by atoms with E-state index < -0.39 is 8.07 Å². The van der Waals surface area contributed by atoms with Crippen LogP contribution in [0.4, 0.5) is 0 Å². The lowest BCUT2D eigenvalue weighted by Crippen LogP contribution is -2.38. The highest BCUT2D eigenvalue weighted by Crippen LogP contribution is 2.47. The predicted molar refractivity (Wildman–Crippen MR) is 114 cm³/mol. The first kappa shape index (κ1) is 16.5. The first-order chi connectivity index (χ1) is 12.8. The number of hydrogen-bond acceptors (Lipinski definition) is 2. The quantitative estimate of drug-likeness (QED) is 0.311.